The van der Waals surface area contributed by atoms with Crippen LogP contribution in [0.2, 0.25) is 0 Å². The number of carbonyl (C=O) groups is 1. The molecule has 1 atom stereocenters. The van der Waals surface area contributed by atoms with Crippen molar-refractivity contribution in [3.63, 3.8) is 0 Å². The molecule has 1 amide bonds. The minimum atomic E-state index is -3.43. The Hall–Kier alpha value is -1.56. The summed E-state index contributed by atoms with van der Waals surface area (Å²) in [7, 11) is -3.43. The summed E-state index contributed by atoms with van der Waals surface area (Å²) in [5.41, 5.74) is 2.72. The fourth-order valence-electron chi connectivity index (χ4n) is 2.68. The summed E-state index contributed by atoms with van der Waals surface area (Å²) in [6.45, 7) is 5.19. The van der Waals surface area contributed by atoms with Crippen molar-refractivity contribution in [2.75, 3.05) is 13.2 Å². The third-order valence-electron chi connectivity index (χ3n) is 4.26. The highest BCUT2D eigenvalue weighted by atomic mass is 32.2. The first-order valence-corrected chi connectivity index (χ1v) is 9.68. The van der Waals surface area contributed by atoms with Crippen LogP contribution in [0, 0.1) is 0 Å². The number of rotatable bonds is 7. The Morgan fingerprint density at radius 2 is 1.91 bits per heavy atom. The maximum atomic E-state index is 11.9. The summed E-state index contributed by atoms with van der Waals surface area (Å²) < 4.78 is 29.5. The molecule has 0 heterocycles. The smallest absolute Gasteiger partial charge is 0.238 e. The largest absolute Gasteiger partial charge is 0.492 e. The lowest BCUT2D eigenvalue weighted by molar-refractivity contribution is -0.120. The molecule has 1 aromatic rings. The van der Waals surface area contributed by atoms with Gasteiger partial charge in [-0.1, -0.05) is 6.07 Å². The Balaban J connectivity index is 1.78. The van der Waals surface area contributed by atoms with Gasteiger partial charge in [-0.05, 0) is 63.3 Å². The van der Waals surface area contributed by atoms with Crippen LogP contribution in [0.15, 0.2) is 18.2 Å². The van der Waals surface area contributed by atoms with Crippen LogP contribution >= 0.6 is 0 Å². The van der Waals surface area contributed by atoms with Crippen molar-refractivity contribution in [2.24, 2.45) is 0 Å². The lowest BCUT2D eigenvalue weighted by atomic mass is 10.1. The van der Waals surface area contributed by atoms with E-state index < -0.39 is 26.2 Å². The van der Waals surface area contributed by atoms with Crippen LogP contribution in [0.5, 0.6) is 5.75 Å². The average molecular weight is 339 g/mol. The van der Waals surface area contributed by atoms with Gasteiger partial charge in [0.1, 0.15) is 17.6 Å². The molecule has 6 heteroatoms. The van der Waals surface area contributed by atoms with E-state index in [4.69, 9.17) is 4.74 Å². The lowest BCUT2D eigenvalue weighted by Gasteiger charge is -2.16. The second-order valence-electron chi connectivity index (χ2n) is 6.20. The van der Waals surface area contributed by atoms with Gasteiger partial charge >= 0.3 is 0 Å². The predicted molar refractivity (Wildman–Crippen MR) is 90.5 cm³/mol. The van der Waals surface area contributed by atoms with Crippen molar-refractivity contribution in [1.82, 2.24) is 5.32 Å². The molecule has 1 aliphatic carbocycles. The Morgan fingerprint density at radius 3 is 2.61 bits per heavy atom. The maximum absolute atomic E-state index is 11.9. The molecule has 2 rings (SSSR count). The molecule has 0 spiro atoms. The van der Waals surface area contributed by atoms with Gasteiger partial charge in [0.25, 0.3) is 0 Å². The van der Waals surface area contributed by atoms with E-state index in [9.17, 15) is 13.2 Å². The number of hydrogen-bond acceptors (Lipinski definition) is 4. The molecule has 128 valence electrons. The molecule has 23 heavy (non-hydrogen) atoms. The van der Waals surface area contributed by atoms with Crippen LogP contribution in [-0.4, -0.2) is 38.0 Å². The van der Waals surface area contributed by atoms with Crippen LogP contribution in [0.25, 0.3) is 0 Å². The van der Waals surface area contributed by atoms with E-state index in [0.717, 1.165) is 18.6 Å². The Labute approximate surface area is 138 Å². The standard InChI is InChI=1S/C17H25NO4S/c1-12(2)23(20,21)13(3)17(19)18-9-10-22-16-8-7-14-5-4-6-15(14)11-16/h7-8,11-13H,4-6,9-10H2,1-3H3,(H,18,19). The highest BCUT2D eigenvalue weighted by Gasteiger charge is 2.30. The molecule has 1 aliphatic rings. The molecule has 1 N–H and O–H groups in total. The van der Waals surface area contributed by atoms with E-state index in [1.54, 1.807) is 13.8 Å². The summed E-state index contributed by atoms with van der Waals surface area (Å²) in [6, 6.07) is 6.08. The van der Waals surface area contributed by atoms with Crippen LogP contribution in [0.3, 0.4) is 0 Å². The van der Waals surface area contributed by atoms with Gasteiger partial charge in [0, 0.05) is 0 Å². The van der Waals surface area contributed by atoms with Gasteiger partial charge in [-0.3, -0.25) is 4.79 Å². The molecule has 0 fully saturated rings. The highest BCUT2D eigenvalue weighted by Crippen LogP contribution is 2.25. The second kappa shape index (κ2) is 7.34. The van der Waals surface area contributed by atoms with Crippen LogP contribution in [-0.2, 0) is 27.5 Å². The molecule has 0 saturated carbocycles. The van der Waals surface area contributed by atoms with E-state index in [1.165, 1.54) is 24.5 Å². The molecule has 0 bridgehead atoms. The first kappa shape index (κ1) is 17.8. The third kappa shape index (κ3) is 4.25. The third-order valence-corrected chi connectivity index (χ3v) is 6.77. The van der Waals surface area contributed by atoms with E-state index in [0.29, 0.717) is 6.61 Å². The number of amides is 1. The number of carbonyl (C=O) groups excluding carboxylic acids is 1. The molecule has 0 aromatic heterocycles. The molecule has 0 aliphatic heterocycles. The number of benzene rings is 1. The van der Waals surface area contributed by atoms with Gasteiger partial charge in [-0.25, -0.2) is 8.42 Å². The number of hydrogen-bond donors (Lipinski definition) is 1. The summed E-state index contributed by atoms with van der Waals surface area (Å²) in [5.74, 6) is 0.319. The van der Waals surface area contributed by atoms with Crippen molar-refractivity contribution in [2.45, 2.75) is 50.5 Å². The number of nitrogens with one attached hydrogen (secondary N) is 1. The zero-order chi connectivity index (χ0) is 17.0. The van der Waals surface area contributed by atoms with Crippen LogP contribution in [0.1, 0.15) is 38.3 Å². The first-order chi connectivity index (χ1) is 10.8. The quantitative estimate of drug-likeness (QED) is 0.770. The predicted octanol–water partition coefficient (Wildman–Crippen LogP) is 1.88. The molecule has 0 saturated heterocycles. The van der Waals surface area contributed by atoms with Crippen molar-refractivity contribution < 1.29 is 17.9 Å². The zero-order valence-electron chi connectivity index (χ0n) is 14.0. The van der Waals surface area contributed by atoms with Crippen molar-refractivity contribution in [3.05, 3.63) is 29.3 Å². The minimum Gasteiger partial charge on any atom is -0.492 e. The fourth-order valence-corrected chi connectivity index (χ4v) is 3.88. The van der Waals surface area contributed by atoms with E-state index in [-0.39, 0.29) is 6.54 Å². The molecule has 1 aromatic carbocycles. The monoisotopic (exact) mass is 339 g/mol. The number of ether oxygens (including phenoxy) is 1. The topological polar surface area (TPSA) is 72.5 Å². The Bertz CT molecular complexity index is 667. The highest BCUT2D eigenvalue weighted by molar-refractivity contribution is 7.93. The SMILES string of the molecule is CC(C)S(=O)(=O)C(C)C(=O)NCCOc1ccc2c(c1)CCC2. The second-order valence-corrected chi connectivity index (χ2v) is 9.03. The molecule has 0 radical (unpaired) electrons. The summed E-state index contributed by atoms with van der Waals surface area (Å²) in [6.07, 6.45) is 3.42. The van der Waals surface area contributed by atoms with Crippen LogP contribution in [0.4, 0.5) is 0 Å². The van der Waals surface area contributed by atoms with E-state index >= 15 is 0 Å². The Morgan fingerprint density at radius 1 is 1.22 bits per heavy atom. The molecule has 5 nitrogen and oxygen atoms in total. The van der Waals surface area contributed by atoms with E-state index in [1.807, 2.05) is 6.07 Å². The maximum Gasteiger partial charge on any atom is 0.238 e. The molecular formula is C17H25NO4S. The number of sulfone groups is 1. The molecule has 1 unspecified atom stereocenters. The fraction of sp³-hybridized carbons (Fsp3) is 0.588. The normalized spacial score (nSPS) is 15.3. The first-order valence-electron chi connectivity index (χ1n) is 8.07. The minimum absolute atomic E-state index is 0.286. The Kier molecular flexibility index (Phi) is 5.68. The van der Waals surface area contributed by atoms with E-state index in [2.05, 4.69) is 17.4 Å². The lowest BCUT2D eigenvalue weighted by Crippen LogP contribution is -2.42. The van der Waals surface area contributed by atoms with Crippen LogP contribution < -0.4 is 10.1 Å². The van der Waals surface area contributed by atoms with Gasteiger partial charge in [-0.2, -0.15) is 0 Å². The van der Waals surface area contributed by atoms with Gasteiger partial charge in [0.05, 0.1) is 11.8 Å². The zero-order valence-corrected chi connectivity index (χ0v) is 14.8. The number of fused-ring (bicyclic) bond motifs is 1. The van der Waals surface area contributed by atoms with Gasteiger partial charge in [0.2, 0.25) is 5.91 Å². The van der Waals surface area contributed by atoms with Crippen molar-refractivity contribution >= 4 is 15.7 Å². The van der Waals surface area contributed by atoms with Crippen molar-refractivity contribution in [1.29, 1.82) is 0 Å². The molecular weight excluding hydrogens is 314 g/mol. The summed E-state index contributed by atoms with van der Waals surface area (Å²) in [5, 5.41) is 1.02. The van der Waals surface area contributed by atoms with Gasteiger partial charge in [0.15, 0.2) is 9.84 Å². The number of aryl methyl sites for hydroxylation is 2. The average Bonchev–Trinajstić information content (AvgIpc) is 2.97. The summed E-state index contributed by atoms with van der Waals surface area (Å²) in [4.78, 5) is 11.9. The summed E-state index contributed by atoms with van der Waals surface area (Å²) >= 11 is 0. The van der Waals surface area contributed by atoms with Gasteiger partial charge < -0.3 is 10.1 Å². The van der Waals surface area contributed by atoms with Gasteiger partial charge in [-0.15, -0.1) is 0 Å². The van der Waals surface area contributed by atoms with Crippen molar-refractivity contribution in [3.8, 4) is 5.75 Å².